The Morgan fingerprint density at radius 3 is 2.32 bits per heavy atom. The second-order valence-electron chi connectivity index (χ2n) is 7.54. The number of esters is 1. The number of amides is 1. The summed E-state index contributed by atoms with van der Waals surface area (Å²) in [5.41, 5.74) is 4.56. The molecule has 0 saturated heterocycles. The topological polar surface area (TPSA) is 77.0 Å². The van der Waals surface area contributed by atoms with Crippen molar-refractivity contribution in [1.29, 1.82) is 0 Å². The molecule has 8 heteroatoms. The maximum absolute atomic E-state index is 12.3. The highest BCUT2D eigenvalue weighted by atomic mass is 35.5. The first kappa shape index (κ1) is 25.3. The second-order valence-corrected chi connectivity index (χ2v) is 8.39. The zero-order valence-electron chi connectivity index (χ0n) is 18.8. The van der Waals surface area contributed by atoms with Gasteiger partial charge in [-0.05, 0) is 78.1 Å². The number of hydrogen-bond donors (Lipinski definition) is 1. The van der Waals surface area contributed by atoms with E-state index in [-0.39, 0.29) is 23.1 Å². The smallest absolute Gasteiger partial charge is 0.345 e. The molecule has 0 saturated carbocycles. The Morgan fingerprint density at radius 2 is 1.68 bits per heavy atom. The molecule has 3 aromatic rings. The number of carbonyl (C=O) groups excluding carboxylic acids is 2. The van der Waals surface area contributed by atoms with Crippen molar-refractivity contribution in [3.8, 4) is 11.5 Å². The van der Waals surface area contributed by atoms with E-state index in [1.165, 1.54) is 23.9 Å². The van der Waals surface area contributed by atoms with Crippen LogP contribution in [0.25, 0.3) is 0 Å². The zero-order valence-corrected chi connectivity index (χ0v) is 20.3. The van der Waals surface area contributed by atoms with Gasteiger partial charge in [-0.1, -0.05) is 49.2 Å². The first-order chi connectivity index (χ1) is 16.4. The highest BCUT2D eigenvalue weighted by Crippen LogP contribution is 2.23. The highest BCUT2D eigenvalue weighted by Gasteiger charge is 2.13. The fraction of sp³-hybridized carbons (Fsp3) is 0.192. The summed E-state index contributed by atoms with van der Waals surface area (Å²) in [6.45, 7) is 4.16. The summed E-state index contributed by atoms with van der Waals surface area (Å²) in [5.74, 6) is 0.466. The van der Waals surface area contributed by atoms with E-state index in [0.717, 1.165) is 6.42 Å². The van der Waals surface area contributed by atoms with Crippen LogP contribution in [0.2, 0.25) is 10.0 Å². The SMILES string of the molecule is CC[C@H](C)c1ccc(OCC(=O)N/N=C\c2ccc(OC(=O)c3ccc(Cl)cc3Cl)cc2)cc1. The predicted molar refractivity (Wildman–Crippen MR) is 134 cm³/mol. The Balaban J connectivity index is 1.45. The van der Waals surface area contributed by atoms with Gasteiger partial charge in [0.25, 0.3) is 5.91 Å². The number of nitrogens with zero attached hydrogens (tertiary/aromatic N) is 1. The molecule has 0 unspecified atom stereocenters. The van der Waals surface area contributed by atoms with Crippen LogP contribution in [0.1, 0.15) is 47.7 Å². The maximum Gasteiger partial charge on any atom is 0.345 e. The van der Waals surface area contributed by atoms with Crippen LogP contribution in [0, 0.1) is 0 Å². The molecule has 0 radical (unpaired) electrons. The summed E-state index contributed by atoms with van der Waals surface area (Å²) >= 11 is 11.9. The third kappa shape index (κ3) is 7.33. The van der Waals surface area contributed by atoms with Crippen molar-refractivity contribution in [2.24, 2.45) is 5.10 Å². The van der Waals surface area contributed by atoms with E-state index in [2.05, 4.69) is 24.4 Å². The normalized spacial score (nSPS) is 11.8. The van der Waals surface area contributed by atoms with Crippen LogP contribution in [0.3, 0.4) is 0 Å². The molecule has 0 spiro atoms. The van der Waals surface area contributed by atoms with Crippen LogP contribution in [0.15, 0.2) is 71.8 Å². The number of carbonyl (C=O) groups is 2. The molecule has 1 amide bonds. The molecule has 3 rings (SSSR count). The lowest BCUT2D eigenvalue weighted by Gasteiger charge is -2.10. The van der Waals surface area contributed by atoms with Gasteiger partial charge in [0.2, 0.25) is 0 Å². The van der Waals surface area contributed by atoms with E-state index < -0.39 is 5.97 Å². The van der Waals surface area contributed by atoms with Crippen LogP contribution < -0.4 is 14.9 Å². The first-order valence-corrected chi connectivity index (χ1v) is 11.4. The molecule has 6 nitrogen and oxygen atoms in total. The fourth-order valence-corrected chi connectivity index (χ4v) is 3.41. The molecular formula is C26H24Cl2N2O4. The van der Waals surface area contributed by atoms with Gasteiger partial charge in [-0.2, -0.15) is 5.10 Å². The molecule has 1 atom stereocenters. The van der Waals surface area contributed by atoms with Gasteiger partial charge < -0.3 is 9.47 Å². The molecule has 0 bridgehead atoms. The molecule has 34 heavy (non-hydrogen) atoms. The van der Waals surface area contributed by atoms with E-state index in [1.54, 1.807) is 30.3 Å². The zero-order chi connectivity index (χ0) is 24.5. The van der Waals surface area contributed by atoms with E-state index >= 15 is 0 Å². The number of benzene rings is 3. The van der Waals surface area contributed by atoms with E-state index in [1.807, 2.05) is 24.3 Å². The summed E-state index contributed by atoms with van der Waals surface area (Å²) in [6.07, 6.45) is 2.53. The van der Waals surface area contributed by atoms with Gasteiger partial charge in [0.15, 0.2) is 6.61 Å². The molecule has 0 fully saturated rings. The van der Waals surface area contributed by atoms with Crippen LogP contribution in [0.4, 0.5) is 0 Å². The van der Waals surface area contributed by atoms with Crippen molar-refractivity contribution in [1.82, 2.24) is 5.43 Å². The van der Waals surface area contributed by atoms with E-state index in [0.29, 0.717) is 28.0 Å². The number of nitrogens with one attached hydrogen (secondary N) is 1. The average Bonchev–Trinajstić information content (AvgIpc) is 2.83. The number of hydrogen-bond acceptors (Lipinski definition) is 5. The van der Waals surface area contributed by atoms with E-state index in [4.69, 9.17) is 32.7 Å². The Kier molecular flexibility index (Phi) is 9.08. The number of ether oxygens (including phenoxy) is 2. The van der Waals surface area contributed by atoms with Crippen LogP contribution >= 0.6 is 23.2 Å². The predicted octanol–water partition coefficient (Wildman–Crippen LogP) is 6.26. The fourth-order valence-electron chi connectivity index (χ4n) is 2.93. The van der Waals surface area contributed by atoms with Gasteiger partial charge in [-0.25, -0.2) is 10.2 Å². The summed E-state index contributed by atoms with van der Waals surface area (Å²) in [6, 6.07) is 18.9. The third-order valence-corrected chi connectivity index (χ3v) is 5.62. The minimum atomic E-state index is -0.593. The summed E-state index contributed by atoms with van der Waals surface area (Å²) < 4.78 is 10.8. The van der Waals surface area contributed by atoms with Crippen LogP contribution in [-0.4, -0.2) is 24.7 Å². The van der Waals surface area contributed by atoms with Gasteiger partial charge in [0, 0.05) is 5.02 Å². The van der Waals surface area contributed by atoms with Crippen molar-refractivity contribution in [2.75, 3.05) is 6.61 Å². The first-order valence-electron chi connectivity index (χ1n) is 10.7. The molecule has 0 aliphatic carbocycles. The summed E-state index contributed by atoms with van der Waals surface area (Å²) in [7, 11) is 0. The Bertz CT molecular complexity index is 1160. The van der Waals surface area contributed by atoms with Gasteiger partial charge in [0.05, 0.1) is 16.8 Å². The van der Waals surface area contributed by atoms with Crippen LogP contribution in [0.5, 0.6) is 11.5 Å². The molecule has 1 N–H and O–H groups in total. The van der Waals surface area contributed by atoms with Crippen molar-refractivity contribution in [2.45, 2.75) is 26.2 Å². The van der Waals surface area contributed by atoms with Crippen molar-refractivity contribution in [3.05, 3.63) is 93.5 Å². The molecule has 0 heterocycles. The lowest BCUT2D eigenvalue weighted by Crippen LogP contribution is -2.24. The van der Waals surface area contributed by atoms with E-state index in [9.17, 15) is 9.59 Å². The molecule has 3 aromatic carbocycles. The Hall–Kier alpha value is -3.35. The Morgan fingerprint density at radius 1 is 1.00 bits per heavy atom. The van der Waals surface area contributed by atoms with Crippen molar-refractivity contribution < 1.29 is 19.1 Å². The van der Waals surface area contributed by atoms with Gasteiger partial charge >= 0.3 is 5.97 Å². The van der Waals surface area contributed by atoms with Crippen molar-refractivity contribution >= 4 is 41.3 Å². The van der Waals surface area contributed by atoms with Gasteiger partial charge in [-0.15, -0.1) is 0 Å². The highest BCUT2D eigenvalue weighted by molar-refractivity contribution is 6.36. The minimum Gasteiger partial charge on any atom is -0.484 e. The van der Waals surface area contributed by atoms with Crippen molar-refractivity contribution in [3.63, 3.8) is 0 Å². The molecule has 0 aliphatic heterocycles. The maximum atomic E-state index is 12.3. The molecular weight excluding hydrogens is 475 g/mol. The van der Waals surface area contributed by atoms with Gasteiger partial charge in [-0.3, -0.25) is 4.79 Å². The second kappa shape index (κ2) is 12.2. The van der Waals surface area contributed by atoms with Crippen LogP contribution in [-0.2, 0) is 4.79 Å². The quantitative estimate of drug-likeness (QED) is 0.163. The lowest BCUT2D eigenvalue weighted by atomic mass is 9.99. The minimum absolute atomic E-state index is 0.151. The molecule has 0 aromatic heterocycles. The number of halogens is 2. The largest absolute Gasteiger partial charge is 0.484 e. The monoisotopic (exact) mass is 498 g/mol. The standard InChI is InChI=1S/C26H24Cl2N2O4/c1-3-17(2)19-6-11-21(12-7-19)33-16-25(31)30-29-15-18-4-9-22(10-5-18)34-26(32)23-13-8-20(27)14-24(23)28/h4-15,17H,3,16H2,1-2H3,(H,30,31)/b29-15-/t17-/m0/s1. The molecule has 0 aliphatic rings. The third-order valence-electron chi connectivity index (χ3n) is 5.08. The molecule has 176 valence electrons. The average molecular weight is 499 g/mol. The Labute approximate surface area is 208 Å². The summed E-state index contributed by atoms with van der Waals surface area (Å²) in [5, 5.41) is 4.56. The number of rotatable bonds is 9. The lowest BCUT2D eigenvalue weighted by molar-refractivity contribution is -0.123. The summed E-state index contributed by atoms with van der Waals surface area (Å²) in [4.78, 5) is 24.2. The van der Waals surface area contributed by atoms with Gasteiger partial charge in [0.1, 0.15) is 11.5 Å². The number of hydrazone groups is 1.